The van der Waals surface area contributed by atoms with Gasteiger partial charge < -0.3 is 10.6 Å². The maximum Gasteiger partial charge on any atom is 0.252 e. The monoisotopic (exact) mass is 325 g/mol. The van der Waals surface area contributed by atoms with Gasteiger partial charge in [0.05, 0.1) is 10.8 Å². The van der Waals surface area contributed by atoms with E-state index in [4.69, 9.17) is 0 Å². The number of sulfone groups is 1. The quantitative estimate of drug-likeness (QED) is 0.858. The Labute approximate surface area is 131 Å². The van der Waals surface area contributed by atoms with Gasteiger partial charge in [0.1, 0.15) is 15.7 Å². The van der Waals surface area contributed by atoms with Gasteiger partial charge in [-0.25, -0.2) is 13.4 Å². The molecule has 2 atom stereocenters. The van der Waals surface area contributed by atoms with Crippen LogP contribution >= 0.6 is 0 Å². The topological polar surface area (TPSA) is 88.2 Å². The van der Waals surface area contributed by atoms with Gasteiger partial charge in [-0.05, 0) is 38.3 Å². The molecule has 0 saturated heterocycles. The lowest BCUT2D eigenvalue weighted by Crippen LogP contribution is -2.34. The highest BCUT2D eigenvalue weighted by Gasteiger charge is 2.28. The maximum atomic E-state index is 11.7. The van der Waals surface area contributed by atoms with Crippen molar-refractivity contribution in [2.75, 3.05) is 18.1 Å². The molecule has 0 aliphatic heterocycles. The van der Waals surface area contributed by atoms with Gasteiger partial charge in [-0.1, -0.05) is 6.42 Å². The van der Waals surface area contributed by atoms with Crippen LogP contribution in [0.5, 0.6) is 0 Å². The number of pyridine rings is 1. The first-order valence-electron chi connectivity index (χ1n) is 7.59. The third kappa shape index (κ3) is 4.43. The van der Waals surface area contributed by atoms with E-state index in [1.807, 2.05) is 6.92 Å². The number of anilines is 1. The van der Waals surface area contributed by atoms with Crippen LogP contribution < -0.4 is 10.6 Å². The number of rotatable bonds is 5. The summed E-state index contributed by atoms with van der Waals surface area (Å²) in [5.41, 5.74) is 0.519. The number of carbonyl (C=O) groups excluding carboxylic acids is 1. The van der Waals surface area contributed by atoms with Crippen LogP contribution in [0.1, 0.15) is 43.0 Å². The first-order chi connectivity index (χ1) is 10.4. The summed E-state index contributed by atoms with van der Waals surface area (Å²) >= 11 is 0. The Morgan fingerprint density at radius 2 is 2.14 bits per heavy atom. The number of aromatic nitrogens is 1. The van der Waals surface area contributed by atoms with E-state index in [1.165, 1.54) is 12.5 Å². The summed E-state index contributed by atoms with van der Waals surface area (Å²) in [5.74, 6) is 0.531. The molecule has 2 N–H and O–H groups in total. The molecule has 1 amide bonds. The molecule has 7 heteroatoms. The number of hydrogen-bond acceptors (Lipinski definition) is 5. The average Bonchev–Trinajstić information content (AvgIpc) is 2.48. The second kappa shape index (κ2) is 7.09. The Balaban J connectivity index is 1.97. The Kier molecular flexibility index (Phi) is 5.39. The molecule has 1 aliphatic rings. The van der Waals surface area contributed by atoms with E-state index < -0.39 is 9.84 Å². The predicted molar refractivity (Wildman–Crippen MR) is 86.8 cm³/mol. The predicted octanol–water partition coefficient (Wildman–Crippen LogP) is 1.60. The molecule has 2 rings (SSSR count). The lowest BCUT2D eigenvalue weighted by atomic mass is 9.95. The third-order valence-corrected chi connectivity index (χ3v) is 5.59. The van der Waals surface area contributed by atoms with Crippen molar-refractivity contribution in [3.05, 3.63) is 23.9 Å². The Bertz CT molecular complexity index is 613. The molecule has 1 saturated carbocycles. The first kappa shape index (κ1) is 16.7. The molecule has 2 unspecified atom stereocenters. The zero-order chi connectivity index (χ0) is 16.2. The second-order valence-electron chi connectivity index (χ2n) is 5.75. The lowest BCUT2D eigenvalue weighted by Gasteiger charge is -2.29. The summed E-state index contributed by atoms with van der Waals surface area (Å²) in [6.07, 6.45) is 6.01. The smallest absolute Gasteiger partial charge is 0.252 e. The minimum Gasteiger partial charge on any atom is -0.367 e. The van der Waals surface area contributed by atoms with Gasteiger partial charge in [0.15, 0.2) is 0 Å². The molecular weight excluding hydrogens is 302 g/mol. The van der Waals surface area contributed by atoms with Crippen molar-refractivity contribution < 1.29 is 13.2 Å². The van der Waals surface area contributed by atoms with Crippen molar-refractivity contribution in [3.8, 4) is 0 Å². The molecule has 22 heavy (non-hydrogen) atoms. The molecule has 0 spiro atoms. The van der Waals surface area contributed by atoms with Crippen LogP contribution in [-0.2, 0) is 9.84 Å². The standard InChI is InChI=1S/C15H23N3O3S/c1-3-16-15(19)11-7-8-14(17-10-11)18-12-5-4-6-13(9-12)22(2,20)21/h7-8,10,12-13H,3-6,9H2,1-2H3,(H,16,19)(H,17,18). The van der Waals surface area contributed by atoms with Crippen molar-refractivity contribution in [2.45, 2.75) is 43.9 Å². The number of nitrogens with zero attached hydrogens (tertiary/aromatic N) is 1. The Morgan fingerprint density at radius 3 is 2.73 bits per heavy atom. The van der Waals surface area contributed by atoms with E-state index in [-0.39, 0.29) is 17.2 Å². The fourth-order valence-corrected chi connectivity index (χ4v) is 3.93. The summed E-state index contributed by atoms with van der Waals surface area (Å²) in [4.78, 5) is 15.9. The minimum atomic E-state index is -2.99. The largest absolute Gasteiger partial charge is 0.367 e. The fraction of sp³-hybridized carbons (Fsp3) is 0.600. The second-order valence-corrected chi connectivity index (χ2v) is 8.08. The highest BCUT2D eigenvalue weighted by atomic mass is 32.2. The van der Waals surface area contributed by atoms with Gasteiger partial charge in [-0.3, -0.25) is 4.79 Å². The van der Waals surface area contributed by atoms with Gasteiger partial charge in [0, 0.05) is 25.0 Å². The van der Waals surface area contributed by atoms with Crippen LogP contribution in [0.4, 0.5) is 5.82 Å². The van der Waals surface area contributed by atoms with Crippen molar-refractivity contribution in [2.24, 2.45) is 0 Å². The van der Waals surface area contributed by atoms with Gasteiger partial charge in [0.25, 0.3) is 5.91 Å². The van der Waals surface area contributed by atoms with Crippen LogP contribution in [0.15, 0.2) is 18.3 Å². The highest BCUT2D eigenvalue weighted by molar-refractivity contribution is 7.91. The Morgan fingerprint density at radius 1 is 1.36 bits per heavy atom. The van der Waals surface area contributed by atoms with Crippen molar-refractivity contribution in [3.63, 3.8) is 0 Å². The van der Waals surface area contributed by atoms with Gasteiger partial charge in [-0.2, -0.15) is 0 Å². The number of carbonyl (C=O) groups is 1. The van der Waals surface area contributed by atoms with E-state index in [9.17, 15) is 13.2 Å². The molecule has 1 aromatic rings. The van der Waals surface area contributed by atoms with E-state index >= 15 is 0 Å². The van der Waals surface area contributed by atoms with Gasteiger partial charge in [0.2, 0.25) is 0 Å². The van der Waals surface area contributed by atoms with Crippen LogP contribution in [0, 0.1) is 0 Å². The molecule has 0 radical (unpaired) electrons. The van der Waals surface area contributed by atoms with Crippen LogP contribution in [0.2, 0.25) is 0 Å². The molecular formula is C15H23N3O3S. The summed E-state index contributed by atoms with van der Waals surface area (Å²) in [7, 11) is -2.99. The van der Waals surface area contributed by atoms with Crippen molar-refractivity contribution >= 4 is 21.6 Å². The van der Waals surface area contributed by atoms with Crippen LogP contribution in [-0.4, -0.2) is 43.4 Å². The van der Waals surface area contributed by atoms with Crippen molar-refractivity contribution in [1.82, 2.24) is 10.3 Å². The Hall–Kier alpha value is -1.63. The molecule has 6 nitrogen and oxygen atoms in total. The lowest BCUT2D eigenvalue weighted by molar-refractivity contribution is 0.0955. The van der Waals surface area contributed by atoms with E-state index in [0.717, 1.165) is 19.3 Å². The minimum absolute atomic E-state index is 0.108. The molecule has 1 heterocycles. The summed E-state index contributed by atoms with van der Waals surface area (Å²) in [5, 5.41) is 5.72. The van der Waals surface area contributed by atoms with E-state index in [2.05, 4.69) is 15.6 Å². The number of amides is 1. The number of hydrogen-bond donors (Lipinski definition) is 2. The van der Waals surface area contributed by atoms with E-state index in [1.54, 1.807) is 12.1 Å². The first-order valence-corrected chi connectivity index (χ1v) is 9.55. The number of nitrogens with one attached hydrogen (secondary N) is 2. The van der Waals surface area contributed by atoms with E-state index in [0.29, 0.717) is 24.3 Å². The van der Waals surface area contributed by atoms with Crippen LogP contribution in [0.25, 0.3) is 0 Å². The SMILES string of the molecule is CCNC(=O)c1ccc(NC2CCCC(S(C)(=O)=O)C2)nc1. The zero-order valence-electron chi connectivity index (χ0n) is 13.0. The third-order valence-electron chi connectivity index (χ3n) is 3.95. The highest BCUT2D eigenvalue weighted by Crippen LogP contribution is 2.25. The van der Waals surface area contributed by atoms with Crippen molar-refractivity contribution in [1.29, 1.82) is 0 Å². The van der Waals surface area contributed by atoms with Gasteiger partial charge >= 0.3 is 0 Å². The van der Waals surface area contributed by atoms with Crippen LogP contribution in [0.3, 0.4) is 0 Å². The zero-order valence-corrected chi connectivity index (χ0v) is 13.8. The maximum absolute atomic E-state index is 11.7. The summed E-state index contributed by atoms with van der Waals surface area (Å²) in [6.45, 7) is 2.44. The molecule has 122 valence electrons. The summed E-state index contributed by atoms with van der Waals surface area (Å²) in [6, 6.07) is 3.59. The molecule has 1 fully saturated rings. The normalized spacial score (nSPS) is 22.1. The molecule has 0 bridgehead atoms. The molecule has 1 aromatic heterocycles. The fourth-order valence-electron chi connectivity index (χ4n) is 2.75. The van der Waals surface area contributed by atoms with Gasteiger partial charge in [-0.15, -0.1) is 0 Å². The molecule has 0 aromatic carbocycles. The average molecular weight is 325 g/mol. The summed E-state index contributed by atoms with van der Waals surface area (Å²) < 4.78 is 23.4. The molecule has 1 aliphatic carbocycles.